The van der Waals surface area contributed by atoms with Gasteiger partial charge in [0.2, 0.25) is 17.7 Å². The summed E-state index contributed by atoms with van der Waals surface area (Å²) in [5, 5.41) is 12.7. The van der Waals surface area contributed by atoms with Crippen molar-refractivity contribution in [2.75, 3.05) is 53.7 Å². The smallest absolute Gasteiger partial charge is 0.328 e. The maximum absolute atomic E-state index is 14.0. The second kappa shape index (κ2) is 30.1. The molecule has 17 heteroatoms. The minimum atomic E-state index is -0.776. The number of nitrogens with one attached hydrogen (secondary N) is 1. The summed E-state index contributed by atoms with van der Waals surface area (Å²) in [6.07, 6.45) is 10.3. The van der Waals surface area contributed by atoms with E-state index in [0.29, 0.717) is 64.6 Å². The average molecular weight is 1010 g/mol. The number of phenols is 1. The number of esters is 2. The third-order valence-electron chi connectivity index (χ3n) is 13.8. The highest BCUT2D eigenvalue weighted by atomic mass is 35.5. The maximum atomic E-state index is 14.0. The molecule has 2 saturated heterocycles. The van der Waals surface area contributed by atoms with Crippen molar-refractivity contribution in [2.45, 2.75) is 133 Å². The molecule has 2 heterocycles. The summed E-state index contributed by atoms with van der Waals surface area (Å²) < 4.78 is 33.2. The molecule has 7 rings (SSSR count). The topological polar surface area (TPSA) is 205 Å². The summed E-state index contributed by atoms with van der Waals surface area (Å²) in [5.74, 6) is -1.39. The predicted octanol–water partition coefficient (Wildman–Crippen LogP) is 6.07. The van der Waals surface area contributed by atoms with E-state index in [1.165, 1.54) is 31.6 Å². The number of carbonyl (C=O) groups is 5. The monoisotopic (exact) mass is 1010 g/mol. The van der Waals surface area contributed by atoms with E-state index < -0.39 is 36.1 Å². The van der Waals surface area contributed by atoms with E-state index in [9.17, 15) is 29.1 Å². The maximum Gasteiger partial charge on any atom is 0.328 e. The Bertz CT molecular complexity index is 2090. The molecular weight excluding hydrogens is 932 g/mol. The summed E-state index contributed by atoms with van der Waals surface area (Å²) in [4.78, 5) is 68.1. The van der Waals surface area contributed by atoms with Crippen LogP contribution in [0.1, 0.15) is 93.7 Å². The Morgan fingerprint density at radius 1 is 0.620 bits per heavy atom. The molecule has 4 aliphatic rings. The van der Waals surface area contributed by atoms with Gasteiger partial charge in [-0.1, -0.05) is 111 Å². The fourth-order valence-corrected chi connectivity index (χ4v) is 10.1. The van der Waals surface area contributed by atoms with Gasteiger partial charge in [-0.15, -0.1) is 12.4 Å². The van der Waals surface area contributed by atoms with Crippen molar-refractivity contribution >= 4 is 42.1 Å². The van der Waals surface area contributed by atoms with Crippen LogP contribution in [0.3, 0.4) is 0 Å². The van der Waals surface area contributed by atoms with Crippen LogP contribution < -0.4 is 11.1 Å². The highest BCUT2D eigenvalue weighted by Gasteiger charge is 2.46. The van der Waals surface area contributed by atoms with Crippen molar-refractivity contribution in [3.05, 3.63) is 102 Å². The summed E-state index contributed by atoms with van der Waals surface area (Å²) in [5.41, 5.74) is 9.15. The van der Waals surface area contributed by atoms with Crippen LogP contribution in [0.4, 0.5) is 0 Å². The van der Waals surface area contributed by atoms with E-state index >= 15 is 0 Å². The molecule has 0 spiro atoms. The van der Waals surface area contributed by atoms with Crippen molar-refractivity contribution < 1.29 is 57.5 Å². The summed E-state index contributed by atoms with van der Waals surface area (Å²) in [6.45, 7) is 3.18. The molecular formula is C54H75ClN4O12. The van der Waals surface area contributed by atoms with Gasteiger partial charge >= 0.3 is 11.9 Å². The average Bonchev–Trinajstić information content (AvgIpc) is 4.03. The Morgan fingerprint density at radius 3 is 1.56 bits per heavy atom. The first-order valence-corrected chi connectivity index (χ1v) is 25.1. The first-order chi connectivity index (χ1) is 34.0. The van der Waals surface area contributed by atoms with Gasteiger partial charge in [0.15, 0.2) is 0 Å². The Hall–Kier alpha value is -5.10. The zero-order valence-electron chi connectivity index (χ0n) is 41.4. The zero-order chi connectivity index (χ0) is 49.7. The van der Waals surface area contributed by atoms with Gasteiger partial charge in [-0.25, -0.2) is 9.59 Å². The van der Waals surface area contributed by atoms with Gasteiger partial charge in [-0.05, 0) is 66.3 Å². The summed E-state index contributed by atoms with van der Waals surface area (Å²) in [7, 11) is 2.66. The lowest BCUT2D eigenvalue weighted by molar-refractivity contribution is -0.152. The van der Waals surface area contributed by atoms with Crippen molar-refractivity contribution in [1.82, 2.24) is 15.1 Å². The SMILES string of the molecule is COC(=O)[C@@H]1C[C@@H](OCCOCc2ccccc2)CN1C(=O)[C@@H](N)C1CCCCC1.COC(=O)[C@@H]1C[C@@H](OCCOCc2ccccc2)CN1C(=O)[C@@H](NC(=O)Cc1cccc(O)c1)C1CCCCC1.Cl. The van der Waals surface area contributed by atoms with E-state index in [0.717, 1.165) is 68.9 Å². The van der Waals surface area contributed by atoms with Crippen molar-refractivity contribution in [3.8, 4) is 5.75 Å². The molecule has 0 aromatic heterocycles. The number of nitrogens with two attached hydrogens (primary N) is 1. The third-order valence-corrected chi connectivity index (χ3v) is 13.8. The molecule has 0 bridgehead atoms. The highest BCUT2D eigenvalue weighted by molar-refractivity contribution is 5.92. The number of nitrogens with zero attached hydrogens (tertiary/aromatic N) is 2. The largest absolute Gasteiger partial charge is 0.508 e. The number of benzene rings is 3. The quantitative estimate of drug-likeness (QED) is 0.0821. The Morgan fingerprint density at radius 2 is 1.08 bits per heavy atom. The summed E-state index contributed by atoms with van der Waals surface area (Å²) >= 11 is 0. The number of likely N-dealkylation sites (tertiary alicyclic amines) is 2. The molecule has 0 radical (unpaired) electrons. The van der Waals surface area contributed by atoms with Crippen LogP contribution in [0.25, 0.3) is 0 Å². The molecule has 3 amide bonds. The number of ether oxygens (including phenoxy) is 6. The number of phenolic OH excluding ortho intramolecular Hbond substituents is 1. The molecule has 71 heavy (non-hydrogen) atoms. The molecule has 3 aromatic rings. The molecule has 4 N–H and O–H groups in total. The van der Waals surface area contributed by atoms with Crippen LogP contribution in [0.5, 0.6) is 5.75 Å². The van der Waals surface area contributed by atoms with Gasteiger partial charge < -0.3 is 54.4 Å². The molecule has 6 atom stereocenters. The standard InChI is InChI=1S/C31H40N2O7.C23H34N2O5.ClH/c1-38-31(37)27-19-26(40-16-15-39-21-22-9-4-2-5-10-22)20-33(27)30(36)29(24-12-6-3-7-13-24)32-28(35)18-23-11-8-14-25(34)17-23;1-28-23(27)20-14-19(30-13-12-29-16-17-8-4-2-5-9-17)15-25(20)22(26)21(24)18-10-6-3-7-11-18;/h2,4-5,8-11,14,17,24,26-27,29,34H,3,6-7,12-13,15-16,18-21H2,1H3,(H,32,35);2,4-5,8-9,18-21H,3,6-7,10-16,24H2,1H3;1H/t26-,27+,29+;19-,20+,21+;/m11./s1. The van der Waals surface area contributed by atoms with Gasteiger partial charge in [-0.2, -0.15) is 0 Å². The number of carbonyl (C=O) groups excluding carboxylic acids is 5. The van der Waals surface area contributed by atoms with Crippen molar-refractivity contribution in [3.63, 3.8) is 0 Å². The summed E-state index contributed by atoms with van der Waals surface area (Å²) in [6, 6.07) is 23.6. The fourth-order valence-electron chi connectivity index (χ4n) is 10.1. The normalized spacial score (nSPS) is 21.2. The van der Waals surface area contributed by atoms with Gasteiger partial charge in [0.1, 0.15) is 23.9 Å². The van der Waals surface area contributed by atoms with Gasteiger partial charge in [0, 0.05) is 25.9 Å². The molecule has 2 aliphatic carbocycles. The van der Waals surface area contributed by atoms with Crippen molar-refractivity contribution in [1.29, 1.82) is 0 Å². The van der Waals surface area contributed by atoms with E-state index in [1.54, 1.807) is 23.1 Å². The fraction of sp³-hybridized carbons (Fsp3) is 0.574. The van der Waals surface area contributed by atoms with Crippen LogP contribution >= 0.6 is 12.4 Å². The second-order valence-corrected chi connectivity index (χ2v) is 18.8. The third kappa shape index (κ3) is 17.6. The minimum Gasteiger partial charge on any atom is -0.508 e. The number of hydrogen-bond donors (Lipinski definition) is 3. The number of halogens is 1. The lowest BCUT2D eigenvalue weighted by Crippen LogP contribution is -2.55. The number of aromatic hydroxyl groups is 1. The van der Waals surface area contributed by atoms with Crippen LogP contribution in [0, 0.1) is 11.8 Å². The van der Waals surface area contributed by atoms with E-state index in [2.05, 4.69) is 5.32 Å². The first kappa shape index (κ1) is 56.8. The Balaban J connectivity index is 0.000000271. The number of hydrogen-bond acceptors (Lipinski definition) is 13. The molecule has 0 unspecified atom stereocenters. The second-order valence-electron chi connectivity index (χ2n) is 18.8. The van der Waals surface area contributed by atoms with Crippen LogP contribution in [0.15, 0.2) is 84.9 Å². The van der Waals surface area contributed by atoms with Gasteiger partial charge in [0.25, 0.3) is 0 Å². The molecule has 2 saturated carbocycles. The number of amides is 3. The lowest BCUT2D eigenvalue weighted by atomic mass is 9.83. The molecule has 2 aliphatic heterocycles. The van der Waals surface area contributed by atoms with Crippen LogP contribution in [-0.2, 0) is 72.0 Å². The van der Waals surface area contributed by atoms with E-state index in [1.807, 2.05) is 60.7 Å². The van der Waals surface area contributed by atoms with E-state index in [-0.39, 0.29) is 72.9 Å². The Kier molecular flexibility index (Phi) is 24.0. The minimum absolute atomic E-state index is 0. The number of rotatable bonds is 21. The molecule has 4 fully saturated rings. The Labute approximate surface area is 425 Å². The first-order valence-electron chi connectivity index (χ1n) is 25.1. The molecule has 3 aromatic carbocycles. The zero-order valence-corrected chi connectivity index (χ0v) is 42.2. The van der Waals surface area contributed by atoms with Gasteiger partial charge in [-0.3, -0.25) is 14.4 Å². The van der Waals surface area contributed by atoms with Crippen LogP contribution in [-0.4, -0.2) is 135 Å². The van der Waals surface area contributed by atoms with Gasteiger partial charge in [0.05, 0.1) is 78.5 Å². The van der Waals surface area contributed by atoms with Crippen molar-refractivity contribution in [2.24, 2.45) is 17.6 Å². The molecule has 390 valence electrons. The lowest BCUT2D eigenvalue weighted by Gasteiger charge is -2.34. The highest BCUT2D eigenvalue weighted by Crippen LogP contribution is 2.32. The predicted molar refractivity (Wildman–Crippen MR) is 268 cm³/mol. The molecule has 16 nitrogen and oxygen atoms in total. The van der Waals surface area contributed by atoms with E-state index in [4.69, 9.17) is 34.2 Å². The number of methoxy groups -OCH3 is 2. The van der Waals surface area contributed by atoms with Crippen LogP contribution in [0.2, 0.25) is 0 Å².